The SMILES string of the molecule is COC1[C@H](n2cc(C)c(=O)[nH]c2=O)O[C@H](CONC[C@H]2[C@@H](OC)[C@H](n3cc(C)c(=O)[nH]c3=O)O[C@@H]2CO)[C@H]1O[Si](c1ccccc1)(c1ccccc1)C(C)(C)C. The molecule has 17 heteroatoms. The largest absolute Gasteiger partial charge is 0.399 e. The summed E-state index contributed by atoms with van der Waals surface area (Å²) in [6, 6.07) is 20.2. The lowest BCUT2D eigenvalue weighted by atomic mass is 9.98. The van der Waals surface area contributed by atoms with Crippen LogP contribution in [0.1, 0.15) is 44.4 Å². The van der Waals surface area contributed by atoms with Crippen molar-refractivity contribution in [2.24, 2.45) is 5.92 Å². The minimum Gasteiger partial charge on any atom is -0.399 e. The van der Waals surface area contributed by atoms with Crippen LogP contribution in [0.25, 0.3) is 0 Å². The van der Waals surface area contributed by atoms with E-state index in [0.29, 0.717) is 11.1 Å². The third kappa shape index (κ3) is 7.83. The number of aromatic amines is 2. The molecule has 0 saturated carbocycles. The molecule has 2 saturated heterocycles. The summed E-state index contributed by atoms with van der Waals surface area (Å²) in [7, 11) is -0.217. The predicted octanol–water partition coefficient (Wildman–Crippen LogP) is 0.603. The standard InChI is InChI=1S/C39H51N5O11Si/c1-23-19-43(37(48)41-33(23)46)35-30(50-6)27(28(21-45)53-35)18-40-52-22-29-31(32(51-7)36(54-29)44-20-24(2)34(47)42-38(44)49)55-56(39(3,4)5,25-14-10-8-11-15-25)26-16-12-9-13-17-26/h8-17,19-20,27-32,35-36,40,45H,18,21-22H2,1-7H3,(H,41,46,48)(H,42,47,49)/t27-,28-,29-,30-,31-,32?,35-,36-/m1/s1. The Morgan fingerprint density at radius 3 is 1.70 bits per heavy atom. The van der Waals surface area contributed by atoms with Gasteiger partial charge in [0.25, 0.3) is 19.4 Å². The summed E-state index contributed by atoms with van der Waals surface area (Å²) < 4.78 is 34.7. The van der Waals surface area contributed by atoms with Crippen molar-refractivity contribution >= 4 is 18.7 Å². The molecule has 1 unspecified atom stereocenters. The number of aliphatic hydroxyl groups excluding tert-OH is 1. The third-order valence-electron chi connectivity index (χ3n) is 10.7. The number of hydroxylamine groups is 1. The summed E-state index contributed by atoms with van der Waals surface area (Å²) in [5.41, 5.74) is 1.27. The number of ether oxygens (including phenoxy) is 4. The normalized spacial score (nSPS) is 25.5. The number of nitrogens with zero attached hydrogens (tertiary/aromatic N) is 2. The molecule has 2 aliphatic heterocycles. The summed E-state index contributed by atoms with van der Waals surface area (Å²) in [6.07, 6.45) is -2.96. The Morgan fingerprint density at radius 2 is 1.23 bits per heavy atom. The minimum atomic E-state index is -3.22. The van der Waals surface area contributed by atoms with E-state index >= 15 is 0 Å². The molecular weight excluding hydrogens is 743 g/mol. The Bertz CT molecular complexity index is 2150. The van der Waals surface area contributed by atoms with Crippen LogP contribution in [0.2, 0.25) is 5.04 Å². The second-order valence-electron chi connectivity index (χ2n) is 15.2. The molecule has 2 aliphatic rings. The van der Waals surface area contributed by atoms with Crippen molar-refractivity contribution in [3.63, 3.8) is 0 Å². The molecule has 2 fully saturated rings. The van der Waals surface area contributed by atoms with E-state index in [2.05, 4.69) is 60.5 Å². The zero-order chi connectivity index (χ0) is 40.4. The number of methoxy groups -OCH3 is 2. The fraction of sp³-hybridized carbons (Fsp3) is 0.487. The van der Waals surface area contributed by atoms with Crippen molar-refractivity contribution in [2.45, 2.75) is 82.6 Å². The van der Waals surface area contributed by atoms with Crippen molar-refractivity contribution in [1.29, 1.82) is 0 Å². The van der Waals surface area contributed by atoms with E-state index in [1.807, 2.05) is 36.4 Å². The molecule has 2 aromatic carbocycles. The van der Waals surface area contributed by atoms with Crippen molar-refractivity contribution < 1.29 is 33.3 Å². The van der Waals surface area contributed by atoms with E-state index in [-0.39, 0.29) is 19.8 Å². The minimum absolute atomic E-state index is 0.0761. The highest BCUT2D eigenvalue weighted by Gasteiger charge is 2.57. The molecule has 6 rings (SSSR count). The van der Waals surface area contributed by atoms with Crippen LogP contribution in [0.4, 0.5) is 0 Å². The maximum atomic E-state index is 13.3. The number of hydrogen-bond donors (Lipinski definition) is 4. The molecule has 4 aromatic rings. The summed E-state index contributed by atoms with van der Waals surface area (Å²) in [5, 5.41) is 11.9. The molecule has 0 spiro atoms. The topological polar surface area (TPSA) is 197 Å². The van der Waals surface area contributed by atoms with Crippen molar-refractivity contribution in [2.75, 3.05) is 34.0 Å². The summed E-state index contributed by atoms with van der Waals surface area (Å²) in [5.74, 6) is -0.495. The van der Waals surface area contributed by atoms with Crippen molar-refractivity contribution in [1.82, 2.24) is 24.6 Å². The number of aryl methyl sites for hydroxylation is 2. The lowest BCUT2D eigenvalue weighted by molar-refractivity contribution is -0.0930. The van der Waals surface area contributed by atoms with Crippen molar-refractivity contribution in [3.8, 4) is 0 Å². The lowest BCUT2D eigenvalue weighted by Gasteiger charge is -2.45. The van der Waals surface area contributed by atoms with Gasteiger partial charge in [-0.1, -0.05) is 81.4 Å². The van der Waals surface area contributed by atoms with E-state index in [1.165, 1.54) is 35.7 Å². The third-order valence-corrected chi connectivity index (χ3v) is 15.8. The molecule has 302 valence electrons. The van der Waals surface area contributed by atoms with Crippen LogP contribution < -0.4 is 38.4 Å². The molecule has 0 aliphatic carbocycles. The number of nitrogens with one attached hydrogen (secondary N) is 3. The second kappa shape index (κ2) is 17.0. The van der Waals surface area contributed by atoms with Gasteiger partial charge in [-0.3, -0.25) is 33.5 Å². The van der Waals surface area contributed by atoms with E-state index in [1.54, 1.807) is 13.8 Å². The number of H-pyrrole nitrogens is 2. The van der Waals surface area contributed by atoms with E-state index < -0.39 is 84.7 Å². The summed E-state index contributed by atoms with van der Waals surface area (Å²) in [4.78, 5) is 61.2. The van der Waals surface area contributed by atoms with Crippen LogP contribution in [0.3, 0.4) is 0 Å². The maximum Gasteiger partial charge on any atom is 0.330 e. The van der Waals surface area contributed by atoms with Crippen LogP contribution in [-0.2, 0) is 28.2 Å². The van der Waals surface area contributed by atoms with E-state index in [4.69, 9.17) is 28.2 Å². The highest BCUT2D eigenvalue weighted by Crippen LogP contribution is 2.42. The van der Waals surface area contributed by atoms with Gasteiger partial charge in [0, 0.05) is 50.2 Å². The average molecular weight is 794 g/mol. The fourth-order valence-electron chi connectivity index (χ4n) is 7.92. The van der Waals surface area contributed by atoms with Crippen LogP contribution in [0.15, 0.2) is 92.2 Å². The Morgan fingerprint density at radius 1 is 0.750 bits per heavy atom. The van der Waals surface area contributed by atoms with Crippen molar-refractivity contribution in [3.05, 3.63) is 126 Å². The number of rotatable bonds is 14. The first-order chi connectivity index (χ1) is 26.7. The monoisotopic (exact) mass is 793 g/mol. The number of benzene rings is 2. The molecule has 56 heavy (non-hydrogen) atoms. The average Bonchev–Trinajstić information content (AvgIpc) is 3.71. The van der Waals surface area contributed by atoms with Gasteiger partial charge >= 0.3 is 11.4 Å². The highest BCUT2D eigenvalue weighted by molar-refractivity contribution is 6.99. The molecule has 4 heterocycles. The molecule has 2 aromatic heterocycles. The van der Waals surface area contributed by atoms with E-state index in [9.17, 15) is 24.3 Å². The molecule has 16 nitrogen and oxygen atoms in total. The molecule has 0 bridgehead atoms. The van der Waals surface area contributed by atoms with Gasteiger partial charge in [-0.25, -0.2) is 15.1 Å². The Kier molecular flexibility index (Phi) is 12.6. The van der Waals surface area contributed by atoms with Crippen LogP contribution in [0, 0.1) is 19.8 Å². The Hall–Kier alpha value is -4.30. The van der Waals surface area contributed by atoms with Gasteiger partial charge in [-0.05, 0) is 29.3 Å². The molecule has 0 amide bonds. The van der Waals surface area contributed by atoms with Gasteiger partial charge in [0.15, 0.2) is 12.5 Å². The maximum absolute atomic E-state index is 13.3. The first-order valence-electron chi connectivity index (χ1n) is 18.5. The fourth-order valence-corrected chi connectivity index (χ4v) is 12.6. The number of aliphatic hydroxyl groups is 1. The predicted molar refractivity (Wildman–Crippen MR) is 209 cm³/mol. The zero-order valence-corrected chi connectivity index (χ0v) is 33.6. The number of aromatic nitrogens is 4. The van der Waals surface area contributed by atoms with Crippen LogP contribution >= 0.6 is 0 Å². The van der Waals surface area contributed by atoms with Crippen LogP contribution in [0.5, 0.6) is 0 Å². The molecule has 0 radical (unpaired) electrons. The lowest BCUT2D eigenvalue weighted by Crippen LogP contribution is -2.69. The molecule has 4 N–H and O–H groups in total. The van der Waals surface area contributed by atoms with Gasteiger partial charge in [0.05, 0.1) is 19.3 Å². The number of hydrogen-bond acceptors (Lipinski definition) is 12. The zero-order valence-electron chi connectivity index (χ0n) is 32.6. The quantitative estimate of drug-likeness (QED) is 0.0790. The summed E-state index contributed by atoms with van der Waals surface area (Å²) in [6.45, 7) is 9.31. The van der Waals surface area contributed by atoms with Gasteiger partial charge < -0.3 is 28.5 Å². The first-order valence-corrected chi connectivity index (χ1v) is 20.4. The Balaban J connectivity index is 1.32. The van der Waals surface area contributed by atoms with Gasteiger partial charge in [-0.2, -0.15) is 0 Å². The molecule has 8 atom stereocenters. The smallest absolute Gasteiger partial charge is 0.330 e. The second-order valence-corrected chi connectivity index (χ2v) is 19.5. The van der Waals surface area contributed by atoms with E-state index in [0.717, 1.165) is 10.4 Å². The Labute approximate surface area is 324 Å². The molecular formula is C39H51N5O11Si. The summed E-state index contributed by atoms with van der Waals surface area (Å²) >= 11 is 0. The van der Waals surface area contributed by atoms with Gasteiger partial charge in [0.1, 0.15) is 24.4 Å². The van der Waals surface area contributed by atoms with Gasteiger partial charge in [0.2, 0.25) is 0 Å². The first kappa shape index (κ1) is 41.3. The van der Waals surface area contributed by atoms with Gasteiger partial charge in [-0.15, -0.1) is 0 Å². The van der Waals surface area contributed by atoms with Crippen LogP contribution in [-0.4, -0.2) is 97.0 Å². The highest BCUT2D eigenvalue weighted by atomic mass is 28.4.